The SMILES string of the molecule is C#N.[H-].[K+].[Rh]. The summed E-state index contributed by atoms with van der Waals surface area (Å²) < 4.78 is 0. The molecule has 0 N–H and O–H groups in total. The Labute approximate surface area is 82.4 Å². The molecule has 0 fully saturated rings. The summed E-state index contributed by atoms with van der Waals surface area (Å²) in [6, 6.07) is 0. The fourth-order valence-corrected chi connectivity index (χ4v) is 0. The van der Waals surface area contributed by atoms with Crippen molar-refractivity contribution in [3.05, 3.63) is 0 Å². The summed E-state index contributed by atoms with van der Waals surface area (Å²) in [5.41, 5.74) is 0. The van der Waals surface area contributed by atoms with E-state index in [4.69, 9.17) is 5.26 Å². The minimum Gasteiger partial charge on any atom is -1.00 e. The zero-order valence-corrected chi connectivity index (χ0v) is 7.12. The van der Waals surface area contributed by atoms with Crippen LogP contribution in [0.25, 0.3) is 0 Å². The van der Waals surface area contributed by atoms with Crippen LogP contribution in [-0.2, 0) is 19.5 Å². The summed E-state index contributed by atoms with van der Waals surface area (Å²) in [4.78, 5) is 0. The van der Waals surface area contributed by atoms with E-state index in [-0.39, 0.29) is 72.3 Å². The Kier molecular flexibility index (Phi) is 93.6. The third-order valence-electron chi connectivity index (χ3n) is 0. The number of rotatable bonds is 0. The molecule has 1 radical (unpaired) electrons. The summed E-state index contributed by atoms with van der Waals surface area (Å²) in [6.07, 6.45) is 0. The molecule has 1 nitrogen and oxygen atoms in total. The van der Waals surface area contributed by atoms with Crippen molar-refractivity contribution in [2.24, 2.45) is 0 Å². The molecule has 0 bridgehead atoms. The molecule has 0 amide bonds. The molecule has 0 rings (SSSR count). The zero-order chi connectivity index (χ0) is 2.00. The molecule has 0 unspecified atom stereocenters. The molecule has 0 saturated heterocycles. The molecular formula is CH2KNRh. The molecular weight excluding hydrogens is 168 g/mol. The van der Waals surface area contributed by atoms with Gasteiger partial charge in [-0.15, -0.1) is 0 Å². The second-order valence-corrected chi connectivity index (χ2v) is 0. The molecule has 0 spiro atoms. The van der Waals surface area contributed by atoms with Crippen LogP contribution in [0, 0.1) is 11.8 Å². The fourth-order valence-electron chi connectivity index (χ4n) is 0. The number of hydrogen-bond acceptors (Lipinski definition) is 1. The molecule has 4 heavy (non-hydrogen) atoms. The molecule has 21 valence electrons. The van der Waals surface area contributed by atoms with Crippen molar-refractivity contribution >= 4 is 0 Å². The topological polar surface area (TPSA) is 23.8 Å². The summed E-state index contributed by atoms with van der Waals surface area (Å²) in [7, 11) is 0. The van der Waals surface area contributed by atoms with Crippen LogP contribution < -0.4 is 51.4 Å². The van der Waals surface area contributed by atoms with Gasteiger partial charge >= 0.3 is 51.4 Å². The van der Waals surface area contributed by atoms with E-state index in [1.807, 2.05) is 0 Å². The van der Waals surface area contributed by atoms with Gasteiger partial charge in [-0.2, -0.15) is 0 Å². The van der Waals surface area contributed by atoms with E-state index in [0.29, 0.717) is 0 Å². The predicted octanol–water partition coefficient (Wildman–Crippen LogP) is -2.75. The minimum atomic E-state index is 0. The van der Waals surface area contributed by atoms with Gasteiger partial charge in [-0.05, 0) is 0 Å². The molecule has 0 aliphatic rings. The molecule has 0 aromatic rings. The molecule has 0 saturated carbocycles. The smallest absolute Gasteiger partial charge is 1.00 e. The fraction of sp³-hybridized carbons (Fsp3) is 0. The first-order valence-corrected chi connectivity index (χ1v) is 0.258. The summed E-state index contributed by atoms with van der Waals surface area (Å²) >= 11 is 0. The molecule has 0 atom stereocenters. The van der Waals surface area contributed by atoms with E-state index < -0.39 is 0 Å². The van der Waals surface area contributed by atoms with Crippen molar-refractivity contribution in [3.8, 4) is 6.57 Å². The van der Waals surface area contributed by atoms with Crippen LogP contribution in [0.15, 0.2) is 0 Å². The van der Waals surface area contributed by atoms with Gasteiger partial charge in [-0.1, -0.05) is 0 Å². The second-order valence-electron chi connectivity index (χ2n) is 0. The van der Waals surface area contributed by atoms with Crippen LogP contribution in [0.4, 0.5) is 0 Å². The zero-order valence-electron chi connectivity index (χ0n) is 3.36. The Morgan fingerprint density at radius 2 is 1.50 bits per heavy atom. The maximum absolute atomic E-state index is 6.50. The van der Waals surface area contributed by atoms with Gasteiger partial charge in [0.15, 0.2) is 0 Å². The first-order valence-electron chi connectivity index (χ1n) is 0.258. The first-order chi connectivity index (χ1) is 1.00. The van der Waals surface area contributed by atoms with Crippen LogP contribution in [0.3, 0.4) is 0 Å². The van der Waals surface area contributed by atoms with Crippen molar-refractivity contribution < 1.29 is 72.3 Å². The van der Waals surface area contributed by atoms with Crippen LogP contribution in [0.5, 0.6) is 0 Å². The maximum Gasteiger partial charge on any atom is 1.00 e. The molecule has 0 aliphatic carbocycles. The molecule has 0 aliphatic heterocycles. The standard InChI is InChI=1S/CHN.K.Rh.H/c1-2;;;/h1H;;;/q;+1;;-1. The number of hydrogen-bond donors (Lipinski definition) is 0. The van der Waals surface area contributed by atoms with Gasteiger partial charge < -0.3 is 1.43 Å². The molecule has 0 aromatic carbocycles. The normalized spacial score (nSPS) is 0.500. The van der Waals surface area contributed by atoms with E-state index in [0.717, 1.165) is 0 Å². The largest absolute Gasteiger partial charge is 1.00 e. The summed E-state index contributed by atoms with van der Waals surface area (Å²) in [5.74, 6) is 0. The van der Waals surface area contributed by atoms with Crippen LogP contribution in [0.1, 0.15) is 1.43 Å². The average molecular weight is 170 g/mol. The van der Waals surface area contributed by atoms with Crippen LogP contribution in [-0.4, -0.2) is 0 Å². The maximum atomic E-state index is 6.50. The Balaban J connectivity index is -0.00000000167. The van der Waals surface area contributed by atoms with E-state index >= 15 is 0 Å². The van der Waals surface area contributed by atoms with Gasteiger partial charge in [0.1, 0.15) is 0 Å². The third-order valence-corrected chi connectivity index (χ3v) is 0. The Morgan fingerprint density at radius 3 is 1.50 bits per heavy atom. The quantitative estimate of drug-likeness (QED) is 0.362. The van der Waals surface area contributed by atoms with E-state index in [9.17, 15) is 0 Å². The van der Waals surface area contributed by atoms with Gasteiger partial charge in [0.05, 0.1) is 0 Å². The van der Waals surface area contributed by atoms with Crippen molar-refractivity contribution in [1.29, 1.82) is 5.26 Å². The first kappa shape index (κ1) is 17.2. The van der Waals surface area contributed by atoms with Crippen molar-refractivity contribution in [2.75, 3.05) is 0 Å². The minimum absolute atomic E-state index is 0. The van der Waals surface area contributed by atoms with Gasteiger partial charge in [0.2, 0.25) is 0 Å². The van der Waals surface area contributed by atoms with E-state index in [2.05, 4.69) is 6.57 Å². The third kappa shape index (κ3) is 9.26. The molecule has 0 aromatic heterocycles. The number of nitrogens with zero attached hydrogens (tertiary/aromatic N) is 1. The summed E-state index contributed by atoms with van der Waals surface area (Å²) in [6.45, 7) is 3.50. The van der Waals surface area contributed by atoms with Crippen molar-refractivity contribution in [2.45, 2.75) is 0 Å². The van der Waals surface area contributed by atoms with Crippen LogP contribution >= 0.6 is 0 Å². The number of nitriles is 1. The summed E-state index contributed by atoms with van der Waals surface area (Å²) in [5, 5.41) is 6.50. The van der Waals surface area contributed by atoms with E-state index in [1.54, 1.807) is 0 Å². The van der Waals surface area contributed by atoms with Crippen molar-refractivity contribution in [1.82, 2.24) is 0 Å². The van der Waals surface area contributed by atoms with Gasteiger partial charge in [0, 0.05) is 26.1 Å². The van der Waals surface area contributed by atoms with Gasteiger partial charge in [-0.3, -0.25) is 0 Å². The molecule has 0 heterocycles. The molecule has 3 heteroatoms. The van der Waals surface area contributed by atoms with E-state index in [1.165, 1.54) is 0 Å². The monoisotopic (exact) mass is 170 g/mol. The predicted molar refractivity (Wildman–Crippen MR) is 7.78 cm³/mol. The van der Waals surface area contributed by atoms with Gasteiger partial charge in [0.25, 0.3) is 0 Å². The average Bonchev–Trinajstić information content (AvgIpc) is 1.00. The van der Waals surface area contributed by atoms with Crippen LogP contribution in [0.2, 0.25) is 0 Å². The second kappa shape index (κ2) is 21.8. The Hall–Kier alpha value is 1.75. The Morgan fingerprint density at radius 1 is 1.50 bits per heavy atom. The Bertz CT molecular complexity index is 16.4. The van der Waals surface area contributed by atoms with Crippen molar-refractivity contribution in [3.63, 3.8) is 0 Å². The van der Waals surface area contributed by atoms with Gasteiger partial charge in [-0.25, -0.2) is 5.26 Å².